The summed E-state index contributed by atoms with van der Waals surface area (Å²) in [5.41, 5.74) is 0.419. The highest BCUT2D eigenvalue weighted by Crippen LogP contribution is 2.33. The van der Waals surface area contributed by atoms with Gasteiger partial charge in [0.2, 0.25) is 0 Å². The van der Waals surface area contributed by atoms with Crippen LogP contribution < -0.4 is 5.32 Å². The van der Waals surface area contributed by atoms with E-state index in [1.165, 1.54) is 23.6 Å². The quantitative estimate of drug-likeness (QED) is 0.890. The lowest BCUT2D eigenvalue weighted by atomic mass is 10.2. The van der Waals surface area contributed by atoms with Crippen LogP contribution >= 0.6 is 11.3 Å². The number of aromatic nitrogens is 1. The van der Waals surface area contributed by atoms with Crippen LogP contribution in [0, 0.1) is 11.7 Å². The molecular weight excluding hydrogens is 303 g/mol. The monoisotopic (exact) mass is 320 g/mol. The van der Waals surface area contributed by atoms with E-state index in [4.69, 9.17) is 4.74 Å². The molecule has 1 aliphatic rings. The van der Waals surface area contributed by atoms with E-state index in [-0.39, 0.29) is 17.8 Å². The van der Waals surface area contributed by atoms with Gasteiger partial charge >= 0.3 is 0 Å². The SMILES string of the molecule is COCC(NC(=O)c1cnc(-c2ccccc2F)s1)C1CC1. The van der Waals surface area contributed by atoms with Gasteiger partial charge in [-0.2, -0.15) is 0 Å². The summed E-state index contributed by atoms with van der Waals surface area (Å²) in [7, 11) is 1.63. The van der Waals surface area contributed by atoms with Gasteiger partial charge in [-0.3, -0.25) is 4.79 Å². The van der Waals surface area contributed by atoms with Crippen LogP contribution in [-0.4, -0.2) is 30.6 Å². The number of carbonyl (C=O) groups is 1. The van der Waals surface area contributed by atoms with Crippen LogP contribution in [0.15, 0.2) is 30.5 Å². The van der Waals surface area contributed by atoms with Gasteiger partial charge in [0.25, 0.3) is 5.91 Å². The number of benzene rings is 1. The van der Waals surface area contributed by atoms with Gasteiger partial charge in [-0.25, -0.2) is 9.37 Å². The summed E-state index contributed by atoms with van der Waals surface area (Å²) >= 11 is 1.20. The molecule has 0 radical (unpaired) electrons. The Labute approximate surface area is 132 Å². The number of methoxy groups -OCH3 is 1. The van der Waals surface area contributed by atoms with Crippen LogP contribution in [0.2, 0.25) is 0 Å². The number of hydrogen-bond acceptors (Lipinski definition) is 4. The van der Waals surface area contributed by atoms with E-state index in [1.54, 1.807) is 25.3 Å². The lowest BCUT2D eigenvalue weighted by molar-refractivity contribution is 0.0888. The topological polar surface area (TPSA) is 51.2 Å². The number of hydrogen-bond donors (Lipinski definition) is 1. The molecule has 1 aromatic carbocycles. The molecule has 3 rings (SSSR count). The molecule has 116 valence electrons. The van der Waals surface area contributed by atoms with Gasteiger partial charge < -0.3 is 10.1 Å². The summed E-state index contributed by atoms with van der Waals surface area (Å²) in [6.45, 7) is 0.509. The van der Waals surface area contributed by atoms with Crippen LogP contribution in [0.5, 0.6) is 0 Å². The smallest absolute Gasteiger partial charge is 0.263 e. The first-order valence-electron chi connectivity index (χ1n) is 7.19. The standard InChI is InChI=1S/C16H17FN2O2S/c1-21-9-13(10-6-7-10)19-15(20)14-8-18-16(22-14)11-4-2-3-5-12(11)17/h2-5,8,10,13H,6-7,9H2,1H3,(H,19,20). The highest BCUT2D eigenvalue weighted by atomic mass is 32.1. The Hall–Kier alpha value is -1.79. The van der Waals surface area contributed by atoms with Crippen LogP contribution in [0.3, 0.4) is 0 Å². The second-order valence-corrected chi connectivity index (χ2v) is 6.41. The molecule has 0 spiro atoms. The summed E-state index contributed by atoms with van der Waals surface area (Å²) in [5.74, 6) is -0.00375. The molecule has 1 saturated carbocycles. The van der Waals surface area contributed by atoms with Gasteiger partial charge in [0.1, 0.15) is 15.7 Å². The second kappa shape index (κ2) is 6.54. The van der Waals surface area contributed by atoms with Crippen molar-refractivity contribution in [3.05, 3.63) is 41.2 Å². The Balaban J connectivity index is 1.73. The molecule has 1 aliphatic carbocycles. The third-order valence-corrected chi connectivity index (χ3v) is 4.72. The molecule has 1 N–H and O–H groups in total. The maximum atomic E-state index is 13.8. The fourth-order valence-corrected chi connectivity index (χ4v) is 3.20. The van der Waals surface area contributed by atoms with Gasteiger partial charge in [0, 0.05) is 12.7 Å². The number of halogens is 1. The van der Waals surface area contributed by atoms with Crippen molar-refractivity contribution in [2.75, 3.05) is 13.7 Å². The first-order chi connectivity index (χ1) is 10.7. The van der Waals surface area contributed by atoms with E-state index >= 15 is 0 Å². The van der Waals surface area contributed by atoms with Gasteiger partial charge in [0.15, 0.2) is 0 Å². The van der Waals surface area contributed by atoms with Crippen molar-refractivity contribution in [3.63, 3.8) is 0 Å². The highest BCUT2D eigenvalue weighted by Gasteiger charge is 2.32. The molecule has 0 saturated heterocycles. The van der Waals surface area contributed by atoms with E-state index in [0.29, 0.717) is 28.0 Å². The Kier molecular flexibility index (Phi) is 4.49. The van der Waals surface area contributed by atoms with E-state index < -0.39 is 0 Å². The van der Waals surface area contributed by atoms with E-state index in [9.17, 15) is 9.18 Å². The molecule has 1 aromatic heterocycles. The normalized spacial score (nSPS) is 15.5. The zero-order valence-electron chi connectivity index (χ0n) is 12.2. The lowest BCUT2D eigenvalue weighted by Gasteiger charge is -2.16. The van der Waals surface area contributed by atoms with Crippen LogP contribution in [0.1, 0.15) is 22.5 Å². The highest BCUT2D eigenvalue weighted by molar-refractivity contribution is 7.16. The van der Waals surface area contributed by atoms with Crippen molar-refractivity contribution in [1.82, 2.24) is 10.3 Å². The zero-order valence-corrected chi connectivity index (χ0v) is 13.0. The van der Waals surface area contributed by atoms with Crippen molar-refractivity contribution >= 4 is 17.2 Å². The number of ether oxygens (including phenoxy) is 1. The van der Waals surface area contributed by atoms with Crippen LogP contribution in [0.25, 0.3) is 10.6 Å². The van der Waals surface area contributed by atoms with Crippen molar-refractivity contribution in [3.8, 4) is 10.6 Å². The molecule has 1 atom stereocenters. The number of thiazole rings is 1. The summed E-state index contributed by atoms with van der Waals surface area (Å²) in [5, 5.41) is 3.50. The van der Waals surface area contributed by atoms with Crippen molar-refractivity contribution in [1.29, 1.82) is 0 Å². The fourth-order valence-electron chi connectivity index (χ4n) is 2.35. The van der Waals surface area contributed by atoms with Crippen LogP contribution in [-0.2, 0) is 4.74 Å². The molecule has 22 heavy (non-hydrogen) atoms. The van der Waals surface area contributed by atoms with Crippen molar-refractivity contribution in [2.24, 2.45) is 5.92 Å². The Morgan fingerprint density at radius 1 is 1.50 bits per heavy atom. The van der Waals surface area contributed by atoms with Gasteiger partial charge in [-0.1, -0.05) is 12.1 Å². The molecule has 0 bridgehead atoms. The van der Waals surface area contributed by atoms with Gasteiger partial charge in [0.05, 0.1) is 18.8 Å². The van der Waals surface area contributed by atoms with Crippen LogP contribution in [0.4, 0.5) is 4.39 Å². The molecule has 2 aromatic rings. The number of amides is 1. The van der Waals surface area contributed by atoms with E-state index in [1.807, 2.05) is 0 Å². The maximum Gasteiger partial charge on any atom is 0.263 e. The Morgan fingerprint density at radius 2 is 2.27 bits per heavy atom. The third kappa shape index (κ3) is 3.34. The summed E-state index contributed by atoms with van der Waals surface area (Å²) in [6.07, 6.45) is 3.74. The minimum Gasteiger partial charge on any atom is -0.383 e. The number of carbonyl (C=O) groups excluding carboxylic acids is 1. The molecule has 4 nitrogen and oxygen atoms in total. The van der Waals surface area contributed by atoms with E-state index in [0.717, 1.165) is 12.8 Å². The molecule has 0 aliphatic heterocycles. The second-order valence-electron chi connectivity index (χ2n) is 5.38. The number of rotatable bonds is 6. The fraction of sp³-hybridized carbons (Fsp3) is 0.375. The van der Waals surface area contributed by atoms with Crippen molar-refractivity contribution in [2.45, 2.75) is 18.9 Å². The average molecular weight is 320 g/mol. The first-order valence-corrected chi connectivity index (χ1v) is 8.01. The Bertz CT molecular complexity index is 670. The van der Waals surface area contributed by atoms with E-state index in [2.05, 4.69) is 10.3 Å². The molecule has 1 heterocycles. The molecule has 1 amide bonds. The molecule has 6 heteroatoms. The maximum absolute atomic E-state index is 13.8. The predicted molar refractivity (Wildman–Crippen MR) is 83.4 cm³/mol. The average Bonchev–Trinajstić information content (AvgIpc) is 3.24. The molecule has 1 unspecified atom stereocenters. The summed E-state index contributed by atoms with van der Waals surface area (Å²) < 4.78 is 18.9. The zero-order chi connectivity index (χ0) is 15.5. The molecular formula is C16H17FN2O2S. The van der Waals surface area contributed by atoms with Gasteiger partial charge in [-0.05, 0) is 30.9 Å². The minimum atomic E-state index is -0.334. The Morgan fingerprint density at radius 3 is 2.95 bits per heavy atom. The number of nitrogens with one attached hydrogen (secondary N) is 1. The van der Waals surface area contributed by atoms with Crippen molar-refractivity contribution < 1.29 is 13.9 Å². The summed E-state index contributed by atoms with van der Waals surface area (Å²) in [4.78, 5) is 17.0. The van der Waals surface area contributed by atoms with Gasteiger partial charge in [-0.15, -0.1) is 11.3 Å². The molecule has 1 fully saturated rings. The number of nitrogens with zero attached hydrogens (tertiary/aromatic N) is 1. The minimum absolute atomic E-state index is 0.0384. The predicted octanol–water partition coefficient (Wildman–Crippen LogP) is 3.10. The third-order valence-electron chi connectivity index (χ3n) is 3.69. The largest absolute Gasteiger partial charge is 0.383 e. The lowest BCUT2D eigenvalue weighted by Crippen LogP contribution is -2.39. The first kappa shape index (κ1) is 15.1. The summed E-state index contributed by atoms with van der Waals surface area (Å²) in [6, 6.07) is 6.47.